The van der Waals surface area contributed by atoms with Crippen LogP contribution in [0.1, 0.15) is 23.2 Å². The van der Waals surface area contributed by atoms with Crippen molar-refractivity contribution in [2.24, 2.45) is 0 Å². The van der Waals surface area contributed by atoms with Gasteiger partial charge in [-0.05, 0) is 31.0 Å². The number of Topliss-reactive ketones (excluding diaryl/α,β-unsaturated/α-hetero) is 1. The van der Waals surface area contributed by atoms with Crippen LogP contribution in [0.2, 0.25) is 0 Å². The largest absolute Gasteiger partial charge is 0.497 e. The van der Waals surface area contributed by atoms with E-state index >= 15 is 0 Å². The van der Waals surface area contributed by atoms with E-state index in [1.54, 1.807) is 53.1 Å². The Morgan fingerprint density at radius 2 is 1.80 bits per heavy atom. The van der Waals surface area contributed by atoms with Crippen LogP contribution in [0.5, 0.6) is 5.75 Å². The average molecular weight is 405 g/mol. The number of fused-ring (bicyclic) bond motifs is 1. The number of rotatable bonds is 6. The summed E-state index contributed by atoms with van der Waals surface area (Å²) < 4.78 is 6.88. The standard InChI is InChI=1S/C23H23N3O4/c1-30-17-8-6-7-16(13-17)24-21(27)15-26-14-19(18-9-2-3-10-20(18)26)22(28)23(29)25-11-4-5-12-25/h2-3,6-10,13-14H,4-5,11-12,15H2,1H3,(H,24,27). The number of carbonyl (C=O) groups excluding carboxylic acids is 3. The number of nitrogens with zero attached hydrogens (tertiary/aromatic N) is 2. The molecule has 0 aliphatic carbocycles. The van der Waals surface area contributed by atoms with Crippen molar-refractivity contribution < 1.29 is 19.1 Å². The number of para-hydroxylation sites is 1. The van der Waals surface area contributed by atoms with E-state index in [2.05, 4.69) is 5.32 Å². The van der Waals surface area contributed by atoms with E-state index in [0.29, 0.717) is 35.5 Å². The van der Waals surface area contributed by atoms with E-state index in [1.807, 2.05) is 18.2 Å². The first-order chi connectivity index (χ1) is 14.6. The van der Waals surface area contributed by atoms with Gasteiger partial charge in [-0.25, -0.2) is 0 Å². The molecule has 1 fully saturated rings. The van der Waals surface area contributed by atoms with Gasteiger partial charge < -0.3 is 19.5 Å². The molecule has 2 heterocycles. The topological polar surface area (TPSA) is 80.6 Å². The number of methoxy groups -OCH3 is 1. The van der Waals surface area contributed by atoms with Gasteiger partial charge in [0.2, 0.25) is 5.91 Å². The highest BCUT2D eigenvalue weighted by atomic mass is 16.5. The van der Waals surface area contributed by atoms with Gasteiger partial charge in [0.1, 0.15) is 12.3 Å². The van der Waals surface area contributed by atoms with Crippen molar-refractivity contribution in [3.8, 4) is 5.75 Å². The molecule has 0 unspecified atom stereocenters. The zero-order valence-corrected chi connectivity index (χ0v) is 16.8. The van der Waals surface area contributed by atoms with Crippen molar-refractivity contribution >= 4 is 34.2 Å². The third-order valence-corrected chi connectivity index (χ3v) is 5.29. The summed E-state index contributed by atoms with van der Waals surface area (Å²) in [6.45, 7) is 1.25. The molecule has 7 heteroatoms. The quantitative estimate of drug-likeness (QED) is 0.505. The number of hydrogen-bond donors (Lipinski definition) is 1. The maximum Gasteiger partial charge on any atom is 0.295 e. The van der Waals surface area contributed by atoms with Crippen molar-refractivity contribution in [2.75, 3.05) is 25.5 Å². The molecule has 1 aliphatic rings. The van der Waals surface area contributed by atoms with Crippen LogP contribution in [0.15, 0.2) is 54.7 Å². The van der Waals surface area contributed by atoms with Gasteiger partial charge in [0.05, 0.1) is 12.7 Å². The van der Waals surface area contributed by atoms with Crippen LogP contribution in [0.25, 0.3) is 10.9 Å². The molecule has 1 aromatic heterocycles. The molecule has 4 rings (SSSR count). The second-order valence-electron chi connectivity index (χ2n) is 7.30. The van der Waals surface area contributed by atoms with Gasteiger partial charge in [-0.3, -0.25) is 14.4 Å². The first-order valence-electron chi connectivity index (χ1n) is 9.92. The molecular weight excluding hydrogens is 382 g/mol. The minimum Gasteiger partial charge on any atom is -0.497 e. The molecule has 0 atom stereocenters. The first-order valence-corrected chi connectivity index (χ1v) is 9.92. The van der Waals surface area contributed by atoms with Gasteiger partial charge in [-0.15, -0.1) is 0 Å². The Hall–Kier alpha value is -3.61. The molecule has 3 aromatic rings. The van der Waals surface area contributed by atoms with Gasteiger partial charge in [-0.2, -0.15) is 0 Å². The minimum absolute atomic E-state index is 0.0168. The minimum atomic E-state index is -0.528. The normalized spacial score (nSPS) is 13.4. The summed E-state index contributed by atoms with van der Waals surface area (Å²) in [6.07, 6.45) is 3.45. The van der Waals surface area contributed by atoms with Crippen molar-refractivity contribution in [1.82, 2.24) is 9.47 Å². The molecule has 0 bridgehead atoms. The molecular formula is C23H23N3O4. The molecule has 1 saturated heterocycles. The van der Waals surface area contributed by atoms with Gasteiger partial charge in [0, 0.05) is 41.9 Å². The predicted molar refractivity (Wildman–Crippen MR) is 114 cm³/mol. The van der Waals surface area contributed by atoms with E-state index in [-0.39, 0.29) is 12.5 Å². The summed E-state index contributed by atoms with van der Waals surface area (Å²) in [5.41, 5.74) is 1.68. The molecule has 0 saturated carbocycles. The number of hydrogen-bond acceptors (Lipinski definition) is 4. The van der Waals surface area contributed by atoms with Crippen molar-refractivity contribution in [1.29, 1.82) is 0 Å². The maximum atomic E-state index is 12.9. The number of ether oxygens (including phenoxy) is 1. The van der Waals surface area contributed by atoms with Gasteiger partial charge in [0.25, 0.3) is 11.7 Å². The average Bonchev–Trinajstić information content (AvgIpc) is 3.42. The SMILES string of the molecule is COc1cccc(NC(=O)Cn2cc(C(=O)C(=O)N3CCCC3)c3ccccc32)c1. The van der Waals surface area contributed by atoms with E-state index in [0.717, 1.165) is 18.4 Å². The summed E-state index contributed by atoms with van der Waals surface area (Å²) in [5.74, 6) is -0.599. The zero-order chi connectivity index (χ0) is 21.1. The highest BCUT2D eigenvalue weighted by Crippen LogP contribution is 2.24. The van der Waals surface area contributed by atoms with Crippen LogP contribution >= 0.6 is 0 Å². The second-order valence-corrected chi connectivity index (χ2v) is 7.30. The van der Waals surface area contributed by atoms with Gasteiger partial charge in [-0.1, -0.05) is 24.3 Å². The molecule has 0 radical (unpaired) electrons. The van der Waals surface area contributed by atoms with Crippen LogP contribution in [0, 0.1) is 0 Å². The first kappa shape index (κ1) is 19.7. The molecule has 0 spiro atoms. The number of likely N-dealkylation sites (tertiary alicyclic amines) is 1. The van der Waals surface area contributed by atoms with Gasteiger partial charge >= 0.3 is 0 Å². The molecule has 2 amide bonds. The predicted octanol–water partition coefficient (Wildman–Crippen LogP) is 3.09. The van der Waals surface area contributed by atoms with Crippen LogP contribution in [0.4, 0.5) is 5.69 Å². The summed E-state index contributed by atoms with van der Waals surface area (Å²) in [7, 11) is 1.56. The molecule has 2 aromatic carbocycles. The molecule has 1 N–H and O–H groups in total. The Morgan fingerprint density at radius 3 is 2.57 bits per heavy atom. The molecule has 7 nitrogen and oxygen atoms in total. The van der Waals surface area contributed by atoms with Crippen LogP contribution in [0.3, 0.4) is 0 Å². The lowest BCUT2D eigenvalue weighted by molar-refractivity contribution is -0.125. The fourth-order valence-electron chi connectivity index (χ4n) is 3.79. The van der Waals surface area contributed by atoms with Crippen LogP contribution in [-0.4, -0.2) is 47.3 Å². The molecule has 30 heavy (non-hydrogen) atoms. The summed E-state index contributed by atoms with van der Waals surface area (Å²) in [4.78, 5) is 39.7. The number of nitrogens with one attached hydrogen (secondary N) is 1. The zero-order valence-electron chi connectivity index (χ0n) is 16.8. The fraction of sp³-hybridized carbons (Fsp3) is 0.261. The Morgan fingerprint density at radius 1 is 1.03 bits per heavy atom. The Balaban J connectivity index is 1.57. The number of aromatic nitrogens is 1. The van der Waals surface area contributed by atoms with E-state index in [4.69, 9.17) is 4.74 Å². The second kappa shape index (κ2) is 8.41. The van der Waals surface area contributed by atoms with Crippen molar-refractivity contribution in [3.63, 3.8) is 0 Å². The summed E-state index contributed by atoms with van der Waals surface area (Å²) in [6, 6.07) is 14.4. The highest BCUT2D eigenvalue weighted by Gasteiger charge is 2.28. The summed E-state index contributed by atoms with van der Waals surface area (Å²) >= 11 is 0. The van der Waals surface area contributed by atoms with Crippen molar-refractivity contribution in [2.45, 2.75) is 19.4 Å². The number of ketones is 1. The highest BCUT2D eigenvalue weighted by molar-refractivity contribution is 6.44. The van der Waals surface area contributed by atoms with Crippen LogP contribution in [-0.2, 0) is 16.1 Å². The Labute approximate surface area is 174 Å². The Kier molecular flexibility index (Phi) is 5.52. The number of benzene rings is 2. The van der Waals surface area contributed by atoms with Crippen LogP contribution < -0.4 is 10.1 Å². The third-order valence-electron chi connectivity index (χ3n) is 5.29. The van der Waals surface area contributed by atoms with Crippen molar-refractivity contribution in [3.05, 3.63) is 60.3 Å². The summed E-state index contributed by atoms with van der Waals surface area (Å²) in [5, 5.41) is 3.51. The lowest BCUT2D eigenvalue weighted by Gasteiger charge is -2.13. The smallest absolute Gasteiger partial charge is 0.295 e. The number of anilines is 1. The monoisotopic (exact) mass is 405 g/mol. The van der Waals surface area contributed by atoms with Gasteiger partial charge in [0.15, 0.2) is 0 Å². The molecule has 1 aliphatic heterocycles. The lowest BCUT2D eigenvalue weighted by Crippen LogP contribution is -2.34. The number of amides is 2. The maximum absolute atomic E-state index is 12.9. The Bertz CT molecular complexity index is 1110. The lowest BCUT2D eigenvalue weighted by atomic mass is 10.1. The third kappa shape index (κ3) is 3.91. The fourth-order valence-corrected chi connectivity index (χ4v) is 3.79. The molecule has 154 valence electrons. The van der Waals surface area contributed by atoms with E-state index in [1.165, 1.54) is 0 Å². The number of carbonyl (C=O) groups is 3. The van der Waals surface area contributed by atoms with E-state index in [9.17, 15) is 14.4 Å². The van der Waals surface area contributed by atoms with E-state index < -0.39 is 11.7 Å².